The van der Waals surface area contributed by atoms with Crippen molar-refractivity contribution in [1.29, 1.82) is 0 Å². The third kappa shape index (κ3) is 4.51. The van der Waals surface area contributed by atoms with Gasteiger partial charge in [-0.05, 0) is 24.1 Å². The smallest absolute Gasteiger partial charge is 0.379 e. The zero-order valence-corrected chi connectivity index (χ0v) is 13.8. The maximum Gasteiger partial charge on any atom is 0.416 e. The zero-order chi connectivity index (χ0) is 18.1. The molecule has 1 aliphatic rings. The van der Waals surface area contributed by atoms with Crippen molar-refractivity contribution in [2.45, 2.75) is 24.4 Å². The van der Waals surface area contributed by atoms with Crippen molar-refractivity contribution < 1.29 is 26.3 Å². The molecule has 0 unspecified atom stereocenters. The largest absolute Gasteiger partial charge is 0.416 e. The van der Waals surface area contributed by atoms with Gasteiger partial charge in [0.15, 0.2) is 0 Å². The Bertz CT molecular complexity index is 826. The molecule has 1 aliphatic heterocycles. The Kier molecular flexibility index (Phi) is 4.74. The second-order valence-electron chi connectivity index (χ2n) is 5.78. The highest BCUT2D eigenvalue weighted by Gasteiger charge is 2.30. The summed E-state index contributed by atoms with van der Waals surface area (Å²) in [7, 11) is -3.76. The van der Waals surface area contributed by atoms with Crippen molar-refractivity contribution in [2.75, 3.05) is 17.9 Å². The Morgan fingerprint density at radius 1 is 1.28 bits per heavy atom. The van der Waals surface area contributed by atoms with Crippen molar-refractivity contribution >= 4 is 15.7 Å². The van der Waals surface area contributed by atoms with Gasteiger partial charge in [0.1, 0.15) is 0 Å². The molecule has 1 aromatic heterocycles. The van der Waals surface area contributed by atoms with E-state index in [1.54, 1.807) is 10.9 Å². The number of aromatic nitrogens is 2. The number of nitrogens with one attached hydrogen (secondary N) is 1. The first-order valence-electron chi connectivity index (χ1n) is 7.51. The molecular weight excluding hydrogens is 359 g/mol. The van der Waals surface area contributed by atoms with Crippen LogP contribution in [0.25, 0.3) is 0 Å². The maximum absolute atomic E-state index is 12.5. The van der Waals surface area contributed by atoms with Gasteiger partial charge in [-0.15, -0.1) is 0 Å². The molecule has 1 atom stereocenters. The number of nitrogens with zero attached hydrogens (tertiary/aromatic N) is 2. The number of rotatable bonds is 5. The van der Waals surface area contributed by atoms with Crippen LogP contribution < -0.4 is 4.72 Å². The molecule has 136 valence electrons. The molecule has 0 amide bonds. The fourth-order valence-corrected chi connectivity index (χ4v) is 3.71. The molecule has 1 fully saturated rings. The molecule has 1 N–H and O–H groups in total. The molecule has 2 heterocycles. The van der Waals surface area contributed by atoms with E-state index in [0.717, 1.165) is 30.7 Å². The lowest BCUT2D eigenvalue weighted by atomic mass is 10.1. The molecule has 0 spiro atoms. The van der Waals surface area contributed by atoms with Crippen LogP contribution in [0.5, 0.6) is 0 Å². The summed E-state index contributed by atoms with van der Waals surface area (Å²) in [5.74, 6) is -0.428. The topological polar surface area (TPSA) is 73.2 Å². The van der Waals surface area contributed by atoms with Gasteiger partial charge in [0, 0.05) is 12.8 Å². The molecule has 0 bridgehead atoms. The fourth-order valence-electron chi connectivity index (χ4n) is 2.55. The van der Waals surface area contributed by atoms with E-state index in [9.17, 15) is 21.6 Å². The van der Waals surface area contributed by atoms with Crippen LogP contribution in [-0.2, 0) is 26.7 Å². The van der Waals surface area contributed by atoms with E-state index >= 15 is 0 Å². The number of benzene rings is 1. The number of hydrogen-bond acceptors (Lipinski definition) is 4. The molecule has 6 nitrogen and oxygen atoms in total. The summed E-state index contributed by atoms with van der Waals surface area (Å²) < 4.78 is 71.2. The number of halogens is 3. The Morgan fingerprint density at radius 3 is 2.60 bits per heavy atom. The van der Waals surface area contributed by atoms with Crippen LogP contribution in [0, 0.1) is 0 Å². The standard InChI is InChI=1S/C15H16F3N3O3S/c16-15(17,18)12-3-1-11(2-4-12)10-25(22,23)20-13-7-19-21(8-13)14-5-6-24-9-14/h1-4,7-8,14,20H,5-6,9-10H2/t14-/m1/s1. The second-order valence-corrected chi connectivity index (χ2v) is 7.50. The van der Waals surface area contributed by atoms with E-state index in [1.165, 1.54) is 6.20 Å². The van der Waals surface area contributed by atoms with Crippen molar-refractivity contribution in [3.63, 3.8) is 0 Å². The maximum atomic E-state index is 12.5. The molecule has 1 saturated heterocycles. The number of ether oxygens (including phenoxy) is 1. The molecule has 3 rings (SSSR count). The molecule has 10 heteroatoms. The monoisotopic (exact) mass is 375 g/mol. The van der Waals surface area contributed by atoms with E-state index in [1.807, 2.05) is 0 Å². The van der Waals surface area contributed by atoms with Crippen molar-refractivity contribution in [3.8, 4) is 0 Å². The third-order valence-electron chi connectivity index (χ3n) is 3.79. The molecule has 1 aromatic carbocycles. The van der Waals surface area contributed by atoms with Crippen LogP contribution in [0.3, 0.4) is 0 Å². The average Bonchev–Trinajstić information content (AvgIpc) is 3.16. The lowest BCUT2D eigenvalue weighted by Gasteiger charge is -2.09. The van der Waals surface area contributed by atoms with Crippen LogP contribution in [-0.4, -0.2) is 31.4 Å². The minimum atomic E-state index is -4.45. The summed E-state index contributed by atoms with van der Waals surface area (Å²) >= 11 is 0. The highest BCUT2D eigenvalue weighted by Crippen LogP contribution is 2.29. The minimum absolute atomic E-state index is 0.0770. The third-order valence-corrected chi connectivity index (χ3v) is 5.05. The Hall–Kier alpha value is -2.07. The van der Waals surface area contributed by atoms with Crippen LogP contribution in [0.2, 0.25) is 0 Å². The van der Waals surface area contributed by atoms with Crippen LogP contribution in [0.1, 0.15) is 23.6 Å². The van der Waals surface area contributed by atoms with Gasteiger partial charge in [-0.1, -0.05) is 12.1 Å². The Labute approximate surface area is 142 Å². The lowest BCUT2D eigenvalue weighted by Crippen LogP contribution is -2.15. The molecule has 0 saturated carbocycles. The molecular formula is C15H16F3N3O3S. The minimum Gasteiger partial charge on any atom is -0.379 e. The first kappa shape index (κ1) is 17.7. The predicted octanol–water partition coefficient (Wildman–Crippen LogP) is 2.81. The first-order chi connectivity index (χ1) is 11.7. The predicted molar refractivity (Wildman–Crippen MR) is 84.4 cm³/mol. The van der Waals surface area contributed by atoms with Crippen LogP contribution >= 0.6 is 0 Å². The first-order valence-corrected chi connectivity index (χ1v) is 9.17. The number of sulfonamides is 1. The Morgan fingerprint density at radius 2 is 2.00 bits per heavy atom. The van der Waals surface area contributed by atoms with E-state index in [-0.39, 0.29) is 11.6 Å². The SMILES string of the molecule is O=S(=O)(Cc1ccc(C(F)(F)F)cc1)Nc1cnn([C@@H]2CCOC2)c1. The fraction of sp³-hybridized carbons (Fsp3) is 0.400. The van der Waals surface area contributed by atoms with E-state index < -0.39 is 27.5 Å². The van der Waals surface area contributed by atoms with Gasteiger partial charge >= 0.3 is 6.18 Å². The summed E-state index contributed by atoms with van der Waals surface area (Å²) in [4.78, 5) is 0. The van der Waals surface area contributed by atoms with E-state index in [2.05, 4.69) is 9.82 Å². The summed E-state index contributed by atoms with van der Waals surface area (Å²) in [5.41, 5.74) is -0.252. The summed E-state index contributed by atoms with van der Waals surface area (Å²) in [6.07, 6.45) is -0.681. The van der Waals surface area contributed by atoms with Crippen molar-refractivity contribution in [1.82, 2.24) is 9.78 Å². The van der Waals surface area contributed by atoms with Gasteiger partial charge in [0.2, 0.25) is 10.0 Å². The highest BCUT2D eigenvalue weighted by atomic mass is 32.2. The summed E-state index contributed by atoms with van der Waals surface area (Å²) in [6.45, 7) is 1.17. The van der Waals surface area contributed by atoms with Crippen molar-refractivity contribution in [2.24, 2.45) is 0 Å². The van der Waals surface area contributed by atoms with Crippen molar-refractivity contribution in [3.05, 3.63) is 47.8 Å². The van der Waals surface area contributed by atoms with Gasteiger partial charge in [0.05, 0.1) is 35.8 Å². The number of hydrogen-bond donors (Lipinski definition) is 1. The molecule has 2 aromatic rings. The van der Waals surface area contributed by atoms with Crippen LogP contribution in [0.4, 0.5) is 18.9 Å². The van der Waals surface area contributed by atoms with Gasteiger partial charge in [0.25, 0.3) is 0 Å². The second kappa shape index (κ2) is 6.68. The van der Waals surface area contributed by atoms with Gasteiger partial charge < -0.3 is 4.74 Å². The molecule has 0 radical (unpaired) electrons. The average molecular weight is 375 g/mol. The van der Waals surface area contributed by atoms with E-state index in [4.69, 9.17) is 4.74 Å². The van der Waals surface area contributed by atoms with Crippen LogP contribution in [0.15, 0.2) is 36.7 Å². The molecule has 0 aliphatic carbocycles. The zero-order valence-electron chi connectivity index (χ0n) is 13.0. The van der Waals surface area contributed by atoms with Gasteiger partial charge in [-0.25, -0.2) is 8.42 Å². The Balaban J connectivity index is 1.66. The highest BCUT2D eigenvalue weighted by molar-refractivity contribution is 7.91. The van der Waals surface area contributed by atoms with Gasteiger partial charge in [-0.2, -0.15) is 18.3 Å². The summed E-state index contributed by atoms with van der Waals surface area (Å²) in [5, 5.41) is 4.11. The number of alkyl halides is 3. The lowest BCUT2D eigenvalue weighted by molar-refractivity contribution is -0.137. The van der Waals surface area contributed by atoms with E-state index in [0.29, 0.717) is 18.9 Å². The normalized spacial score (nSPS) is 18.4. The quantitative estimate of drug-likeness (QED) is 0.872. The van der Waals surface area contributed by atoms with Gasteiger partial charge in [-0.3, -0.25) is 9.40 Å². The molecule has 25 heavy (non-hydrogen) atoms. The summed E-state index contributed by atoms with van der Waals surface area (Å²) in [6, 6.07) is 4.11. The number of anilines is 1.